The van der Waals surface area contributed by atoms with E-state index in [1.165, 1.54) is 65.9 Å². The number of ether oxygens (including phenoxy) is 2. The number of benzene rings is 6. The molecule has 0 N–H and O–H groups in total. The number of aromatic nitrogens is 2. The van der Waals surface area contributed by atoms with Crippen LogP contribution < -0.4 is 9.47 Å². The third kappa shape index (κ3) is 4.32. The topological polar surface area (TPSA) is 28.3 Å². The molecule has 2 aliphatic heterocycles. The summed E-state index contributed by atoms with van der Waals surface area (Å²) in [5.74, 6) is 0.985. The molecule has 0 bridgehead atoms. The van der Waals surface area contributed by atoms with Crippen LogP contribution in [0, 0.1) is 13.8 Å². The maximum atomic E-state index is 7.27. The Balaban J connectivity index is 1.13. The fourth-order valence-corrected chi connectivity index (χ4v) is 9.59. The first-order valence-electron chi connectivity index (χ1n) is 18.2. The van der Waals surface area contributed by atoms with Gasteiger partial charge in [0.25, 0.3) is 5.79 Å². The molecule has 0 aliphatic carbocycles. The second kappa shape index (κ2) is 10.3. The van der Waals surface area contributed by atoms with Gasteiger partial charge in [-0.05, 0) is 61.4 Å². The lowest BCUT2D eigenvalue weighted by Crippen LogP contribution is -2.55. The van der Waals surface area contributed by atoms with Gasteiger partial charge in [-0.2, -0.15) is 0 Å². The number of hydrogen-bond donors (Lipinski definition) is 0. The number of hydrogen-bond acceptors (Lipinski definition) is 2. The Morgan fingerprint density at radius 1 is 0.451 bits per heavy atom. The lowest BCUT2D eigenvalue weighted by atomic mass is 9.69. The van der Waals surface area contributed by atoms with E-state index in [0.29, 0.717) is 0 Å². The van der Waals surface area contributed by atoms with Crippen molar-refractivity contribution in [2.45, 2.75) is 71.0 Å². The molecule has 0 fully saturated rings. The van der Waals surface area contributed by atoms with Crippen molar-refractivity contribution in [2.75, 3.05) is 0 Å². The van der Waals surface area contributed by atoms with Crippen LogP contribution in [0.3, 0.4) is 0 Å². The highest BCUT2D eigenvalue weighted by molar-refractivity contribution is 6.10. The maximum absolute atomic E-state index is 7.27. The van der Waals surface area contributed by atoms with Gasteiger partial charge in [-0.1, -0.05) is 100 Å². The molecule has 4 nitrogen and oxygen atoms in total. The van der Waals surface area contributed by atoms with Crippen LogP contribution in [0.5, 0.6) is 11.5 Å². The Morgan fingerprint density at radius 3 is 1.10 bits per heavy atom. The lowest BCUT2D eigenvalue weighted by Gasteiger charge is -2.51. The number of rotatable bonds is 2. The molecule has 10 rings (SSSR count). The van der Waals surface area contributed by atoms with Crippen LogP contribution in [0.25, 0.3) is 55.0 Å². The fraction of sp³-hybridized carbons (Fsp3) is 0.234. The first-order valence-corrected chi connectivity index (χ1v) is 18.2. The van der Waals surface area contributed by atoms with Gasteiger partial charge in [0.05, 0.1) is 33.4 Å². The summed E-state index contributed by atoms with van der Waals surface area (Å²) in [4.78, 5) is 0. The molecule has 0 saturated carbocycles. The third-order valence-corrected chi connectivity index (χ3v) is 11.7. The Hall–Kier alpha value is -5.48. The van der Waals surface area contributed by atoms with E-state index >= 15 is 0 Å². The van der Waals surface area contributed by atoms with Crippen LogP contribution in [0.15, 0.2) is 121 Å². The van der Waals surface area contributed by atoms with Crippen molar-refractivity contribution in [2.24, 2.45) is 0 Å². The summed E-state index contributed by atoms with van der Waals surface area (Å²) in [5.41, 5.74) is 11.6. The smallest absolute Gasteiger partial charge is 0.252 e. The van der Waals surface area contributed by atoms with E-state index in [9.17, 15) is 0 Å². The molecular formula is C47H42N2O2. The molecule has 6 aromatic carbocycles. The minimum Gasteiger partial charge on any atom is -0.452 e. The van der Waals surface area contributed by atoms with E-state index in [2.05, 4.69) is 172 Å². The monoisotopic (exact) mass is 666 g/mol. The molecule has 8 aromatic rings. The normalized spacial score (nSPS) is 17.1. The Kier molecular flexibility index (Phi) is 6.12. The molecule has 252 valence electrons. The zero-order valence-electron chi connectivity index (χ0n) is 30.2. The summed E-state index contributed by atoms with van der Waals surface area (Å²) in [6, 6.07) is 44.1. The van der Waals surface area contributed by atoms with E-state index in [4.69, 9.17) is 9.47 Å². The number of nitrogens with zero attached hydrogens (tertiary/aromatic N) is 2. The van der Waals surface area contributed by atoms with Crippen molar-refractivity contribution in [1.82, 2.24) is 9.13 Å². The van der Waals surface area contributed by atoms with Gasteiger partial charge in [0.2, 0.25) is 0 Å². The van der Waals surface area contributed by atoms with Crippen LogP contribution in [-0.2, 0) is 10.8 Å². The summed E-state index contributed by atoms with van der Waals surface area (Å²) in [6.45, 7) is 13.9. The highest BCUT2D eigenvalue weighted by atomic mass is 16.7. The Morgan fingerprint density at radius 2 is 0.765 bits per heavy atom. The molecule has 1 spiro atoms. The zero-order chi connectivity index (χ0) is 34.9. The molecular weight excluding hydrogens is 625 g/mol. The van der Waals surface area contributed by atoms with Crippen LogP contribution in [-0.4, -0.2) is 14.9 Å². The minimum atomic E-state index is -0.826. The van der Waals surface area contributed by atoms with E-state index < -0.39 is 5.79 Å². The first-order chi connectivity index (χ1) is 24.5. The van der Waals surface area contributed by atoms with Gasteiger partial charge >= 0.3 is 0 Å². The molecule has 4 heterocycles. The van der Waals surface area contributed by atoms with Crippen molar-refractivity contribution in [3.8, 4) is 22.9 Å². The summed E-state index contributed by atoms with van der Waals surface area (Å²) in [7, 11) is 0. The summed E-state index contributed by atoms with van der Waals surface area (Å²) >= 11 is 0. The summed E-state index contributed by atoms with van der Waals surface area (Å²) in [6.07, 6.45) is 1.51. The van der Waals surface area contributed by atoms with Gasteiger partial charge in [0.1, 0.15) is 11.5 Å². The third-order valence-electron chi connectivity index (χ3n) is 11.7. The van der Waals surface area contributed by atoms with E-state index in [0.717, 1.165) is 35.7 Å². The maximum Gasteiger partial charge on any atom is 0.252 e. The number of para-hydroxylation sites is 4. The van der Waals surface area contributed by atoms with Gasteiger partial charge in [0.15, 0.2) is 0 Å². The van der Waals surface area contributed by atoms with Crippen molar-refractivity contribution in [1.29, 1.82) is 0 Å². The van der Waals surface area contributed by atoms with Gasteiger partial charge < -0.3 is 18.6 Å². The molecule has 2 aromatic heterocycles. The van der Waals surface area contributed by atoms with Crippen LogP contribution in [0.4, 0.5) is 0 Å². The SMILES string of the molecule is Cc1cc2c(cc1-n1c3ccccc3c3ccccc31)OC1(CC2(C)C)CC(C)(C)c2cc(C)c(-n3c4ccccc4c4ccccc43)cc2O1. The summed E-state index contributed by atoms with van der Waals surface area (Å²) in [5, 5.41) is 5.02. The number of aryl methyl sites for hydroxylation is 2. The van der Waals surface area contributed by atoms with E-state index in [1.54, 1.807) is 0 Å². The molecule has 2 aliphatic rings. The van der Waals surface area contributed by atoms with Gasteiger partial charge in [-0.15, -0.1) is 0 Å². The Labute approximate surface area is 298 Å². The second-order valence-electron chi connectivity index (χ2n) is 16.2. The van der Waals surface area contributed by atoms with Crippen LogP contribution in [0.1, 0.15) is 62.8 Å². The Bertz CT molecular complexity index is 2440. The van der Waals surface area contributed by atoms with Gasteiger partial charge in [-0.3, -0.25) is 0 Å². The first kappa shape index (κ1) is 30.4. The standard InChI is InChI=1S/C47H42N2O2/c1-29-23-35-43(25-41(29)48-37-19-11-7-15-31(37)32-16-8-12-20-38(32)48)50-47(27-45(35,3)4)28-46(5,6)36-24-30(2)42(26-44(36)51-47)49-39-21-13-9-17-33(39)34-18-10-14-22-40(34)49/h7-26H,27-28H2,1-6H3. The van der Waals surface area contributed by atoms with Crippen LogP contribution in [0.2, 0.25) is 0 Å². The average Bonchev–Trinajstić information content (AvgIpc) is 3.61. The highest BCUT2D eigenvalue weighted by Crippen LogP contribution is 2.55. The highest BCUT2D eigenvalue weighted by Gasteiger charge is 2.53. The van der Waals surface area contributed by atoms with E-state index in [1.807, 2.05) is 0 Å². The van der Waals surface area contributed by atoms with Crippen LogP contribution >= 0.6 is 0 Å². The van der Waals surface area contributed by atoms with Gasteiger partial charge in [-0.25, -0.2) is 0 Å². The number of fused-ring (bicyclic) bond motifs is 8. The van der Waals surface area contributed by atoms with Crippen molar-refractivity contribution in [3.05, 3.63) is 144 Å². The second-order valence-corrected chi connectivity index (χ2v) is 16.2. The molecule has 0 radical (unpaired) electrons. The van der Waals surface area contributed by atoms with E-state index in [-0.39, 0.29) is 10.8 Å². The lowest BCUT2D eigenvalue weighted by molar-refractivity contribution is -0.166. The predicted octanol–water partition coefficient (Wildman–Crippen LogP) is 12.0. The molecule has 4 heteroatoms. The minimum absolute atomic E-state index is 0.175. The average molecular weight is 667 g/mol. The molecule has 0 saturated heterocycles. The van der Waals surface area contributed by atoms with Crippen molar-refractivity contribution >= 4 is 43.6 Å². The molecule has 0 unspecified atom stereocenters. The van der Waals surface area contributed by atoms with Crippen molar-refractivity contribution in [3.63, 3.8) is 0 Å². The predicted molar refractivity (Wildman–Crippen MR) is 210 cm³/mol. The van der Waals surface area contributed by atoms with Gasteiger partial charge in [0, 0.05) is 68.5 Å². The fourth-order valence-electron chi connectivity index (χ4n) is 9.59. The quantitative estimate of drug-likeness (QED) is 0.184. The molecule has 0 amide bonds. The zero-order valence-corrected chi connectivity index (χ0v) is 30.2. The summed E-state index contributed by atoms with van der Waals surface area (Å²) < 4.78 is 19.3. The van der Waals surface area contributed by atoms with Crippen molar-refractivity contribution < 1.29 is 9.47 Å². The molecule has 51 heavy (non-hydrogen) atoms. The molecule has 0 atom stereocenters. The largest absolute Gasteiger partial charge is 0.452 e.